The van der Waals surface area contributed by atoms with Crippen LogP contribution in [0, 0.1) is 17.9 Å². The van der Waals surface area contributed by atoms with Gasteiger partial charge < -0.3 is 9.47 Å². The minimum atomic E-state index is -4.04. The van der Waals surface area contributed by atoms with Crippen LogP contribution in [-0.2, 0) is 10.0 Å². The lowest BCUT2D eigenvalue weighted by atomic mass is 10.2. The molecule has 10 heteroatoms. The third-order valence-corrected chi connectivity index (χ3v) is 5.51. The maximum atomic E-state index is 12.7. The Morgan fingerprint density at radius 3 is 2.67 bits per heavy atom. The molecule has 0 aliphatic rings. The number of methoxy groups -OCH3 is 1. The molecule has 150 valence electrons. The van der Waals surface area contributed by atoms with Gasteiger partial charge in [0, 0.05) is 6.20 Å². The lowest BCUT2D eigenvalue weighted by Gasteiger charge is -2.12. The Kier molecular flexibility index (Phi) is 6.07. The van der Waals surface area contributed by atoms with Crippen LogP contribution < -0.4 is 14.2 Å². The van der Waals surface area contributed by atoms with Gasteiger partial charge in [0.1, 0.15) is 17.6 Å². The molecule has 0 bridgehead atoms. The molecule has 30 heavy (non-hydrogen) atoms. The molecule has 0 atom stereocenters. The summed E-state index contributed by atoms with van der Waals surface area (Å²) in [4.78, 5) is 7.07. The Balaban J connectivity index is 1.91. The van der Waals surface area contributed by atoms with Gasteiger partial charge in [-0.2, -0.15) is 5.26 Å². The molecule has 2 aromatic carbocycles. The molecule has 0 fully saturated rings. The number of nitrogens with zero attached hydrogens (tertiary/aromatic N) is 3. The average Bonchev–Trinajstić information content (AvgIpc) is 2.74. The molecule has 0 aliphatic heterocycles. The van der Waals surface area contributed by atoms with E-state index in [0.29, 0.717) is 5.75 Å². The Morgan fingerprint density at radius 1 is 1.20 bits per heavy atom. The quantitative estimate of drug-likeness (QED) is 0.554. The van der Waals surface area contributed by atoms with Crippen LogP contribution in [0.25, 0.3) is 4.85 Å². The average molecular weight is 441 g/mol. The first-order valence-corrected chi connectivity index (χ1v) is 10.1. The van der Waals surface area contributed by atoms with Crippen molar-refractivity contribution in [3.63, 3.8) is 0 Å². The van der Waals surface area contributed by atoms with Crippen LogP contribution in [0.3, 0.4) is 0 Å². The van der Waals surface area contributed by atoms with Crippen LogP contribution in [0.15, 0.2) is 59.6 Å². The van der Waals surface area contributed by atoms with Gasteiger partial charge in [0.2, 0.25) is 5.69 Å². The second-order valence-electron chi connectivity index (χ2n) is 5.76. The SMILES string of the molecule is [C-]#[N+]c1ccc(Oc2ccc(S(=O)(=O)Nc3ncccc3OC)cc2C#N)cc1Cl. The van der Waals surface area contributed by atoms with E-state index < -0.39 is 10.0 Å². The van der Waals surface area contributed by atoms with E-state index in [0.717, 1.165) is 0 Å². The third kappa shape index (κ3) is 4.44. The number of benzene rings is 2. The van der Waals surface area contributed by atoms with Crippen LogP contribution in [0.1, 0.15) is 5.56 Å². The number of ether oxygens (including phenoxy) is 2. The normalized spacial score (nSPS) is 10.5. The van der Waals surface area contributed by atoms with Crippen molar-refractivity contribution in [2.75, 3.05) is 11.8 Å². The topological polar surface area (TPSA) is 106 Å². The lowest BCUT2D eigenvalue weighted by molar-refractivity contribution is 0.415. The van der Waals surface area contributed by atoms with Crippen LogP contribution in [0.5, 0.6) is 17.2 Å². The summed E-state index contributed by atoms with van der Waals surface area (Å²) in [6.45, 7) is 7.01. The monoisotopic (exact) mass is 440 g/mol. The zero-order valence-electron chi connectivity index (χ0n) is 15.5. The van der Waals surface area contributed by atoms with Crippen LogP contribution in [0.2, 0.25) is 5.02 Å². The summed E-state index contributed by atoms with van der Waals surface area (Å²) in [6.07, 6.45) is 1.42. The van der Waals surface area contributed by atoms with Gasteiger partial charge in [-0.05, 0) is 42.5 Å². The minimum Gasteiger partial charge on any atom is -0.493 e. The number of nitrogens with one attached hydrogen (secondary N) is 1. The maximum Gasteiger partial charge on any atom is 0.263 e. The van der Waals surface area contributed by atoms with Gasteiger partial charge in [-0.3, -0.25) is 4.72 Å². The highest BCUT2D eigenvalue weighted by Crippen LogP contribution is 2.33. The molecule has 0 amide bonds. The molecule has 3 aromatic rings. The zero-order valence-corrected chi connectivity index (χ0v) is 17.0. The van der Waals surface area contributed by atoms with Gasteiger partial charge in [-0.25, -0.2) is 18.2 Å². The van der Waals surface area contributed by atoms with Crippen molar-refractivity contribution in [3.05, 3.63) is 76.7 Å². The summed E-state index contributed by atoms with van der Waals surface area (Å²) in [5, 5.41) is 9.65. The molecule has 0 aliphatic carbocycles. The van der Waals surface area contributed by atoms with Crippen molar-refractivity contribution < 1.29 is 17.9 Å². The van der Waals surface area contributed by atoms with Crippen molar-refractivity contribution in [1.29, 1.82) is 5.26 Å². The number of aromatic nitrogens is 1. The zero-order chi connectivity index (χ0) is 21.7. The summed E-state index contributed by atoms with van der Waals surface area (Å²) < 4.78 is 38.5. The molecule has 1 heterocycles. The second kappa shape index (κ2) is 8.70. The molecular weight excluding hydrogens is 428 g/mol. The molecule has 1 aromatic heterocycles. The Hall–Kier alpha value is -3.79. The maximum absolute atomic E-state index is 12.7. The highest BCUT2D eigenvalue weighted by atomic mass is 35.5. The predicted molar refractivity (Wildman–Crippen MR) is 111 cm³/mol. The number of nitriles is 1. The van der Waals surface area contributed by atoms with E-state index in [1.807, 2.05) is 6.07 Å². The van der Waals surface area contributed by atoms with E-state index in [1.165, 1.54) is 49.7 Å². The van der Waals surface area contributed by atoms with Crippen molar-refractivity contribution in [1.82, 2.24) is 4.98 Å². The molecular formula is C20H13ClN4O4S. The van der Waals surface area contributed by atoms with E-state index in [4.69, 9.17) is 27.6 Å². The molecule has 0 radical (unpaired) electrons. The number of halogens is 1. The number of anilines is 1. The van der Waals surface area contributed by atoms with Gasteiger partial charge in [-0.15, -0.1) is 0 Å². The predicted octanol–water partition coefficient (Wildman–Crippen LogP) is 4.76. The lowest BCUT2D eigenvalue weighted by Crippen LogP contribution is -2.15. The second-order valence-corrected chi connectivity index (χ2v) is 7.85. The Labute approximate surface area is 178 Å². The van der Waals surface area contributed by atoms with E-state index in [1.54, 1.807) is 12.1 Å². The summed E-state index contributed by atoms with van der Waals surface area (Å²) in [5.74, 6) is 0.712. The first kappa shape index (κ1) is 20.9. The standard InChI is InChI=1S/C20H13ClN4O4S/c1-23-17-7-5-14(11-16(17)21)29-18-8-6-15(10-13(18)12-22)30(26,27)25-20-19(28-2)4-3-9-24-20/h3-11H,2H3,(H,24,25). The largest absolute Gasteiger partial charge is 0.493 e. The number of pyridine rings is 1. The molecule has 0 saturated heterocycles. The number of hydrogen-bond donors (Lipinski definition) is 1. The van der Waals surface area contributed by atoms with E-state index in [2.05, 4.69) is 14.6 Å². The first-order chi connectivity index (χ1) is 14.4. The Morgan fingerprint density at radius 2 is 2.00 bits per heavy atom. The van der Waals surface area contributed by atoms with Crippen LogP contribution >= 0.6 is 11.6 Å². The first-order valence-electron chi connectivity index (χ1n) is 8.29. The number of rotatable bonds is 6. The molecule has 8 nitrogen and oxygen atoms in total. The third-order valence-electron chi connectivity index (χ3n) is 3.87. The highest BCUT2D eigenvalue weighted by Gasteiger charge is 2.20. The fraction of sp³-hybridized carbons (Fsp3) is 0.0500. The fourth-order valence-electron chi connectivity index (χ4n) is 2.44. The van der Waals surface area contributed by atoms with Crippen LogP contribution in [-0.4, -0.2) is 20.5 Å². The summed E-state index contributed by atoms with van der Waals surface area (Å²) >= 11 is 5.99. The van der Waals surface area contributed by atoms with Gasteiger partial charge in [0.25, 0.3) is 10.0 Å². The highest BCUT2D eigenvalue weighted by molar-refractivity contribution is 7.92. The summed E-state index contributed by atoms with van der Waals surface area (Å²) in [7, 11) is -2.64. The Bertz CT molecular complexity index is 1300. The van der Waals surface area contributed by atoms with E-state index >= 15 is 0 Å². The van der Waals surface area contributed by atoms with Crippen molar-refractivity contribution >= 4 is 33.1 Å². The van der Waals surface area contributed by atoms with Crippen molar-refractivity contribution in [3.8, 4) is 23.3 Å². The van der Waals surface area contributed by atoms with E-state index in [9.17, 15) is 13.7 Å². The fourth-order valence-corrected chi connectivity index (χ4v) is 3.70. The smallest absolute Gasteiger partial charge is 0.263 e. The minimum absolute atomic E-state index is 0.00348. The summed E-state index contributed by atoms with van der Waals surface area (Å²) in [6, 6.07) is 13.4. The molecule has 0 saturated carbocycles. The van der Waals surface area contributed by atoms with E-state index in [-0.39, 0.29) is 38.5 Å². The van der Waals surface area contributed by atoms with Gasteiger partial charge in [0.05, 0.1) is 29.2 Å². The van der Waals surface area contributed by atoms with Gasteiger partial charge in [-0.1, -0.05) is 17.7 Å². The molecule has 1 N–H and O–H groups in total. The molecule has 0 unspecified atom stereocenters. The summed E-state index contributed by atoms with van der Waals surface area (Å²) in [5.41, 5.74) is 0.262. The molecule has 0 spiro atoms. The van der Waals surface area contributed by atoms with Gasteiger partial charge in [0.15, 0.2) is 11.6 Å². The van der Waals surface area contributed by atoms with Gasteiger partial charge >= 0.3 is 0 Å². The van der Waals surface area contributed by atoms with Crippen molar-refractivity contribution in [2.45, 2.75) is 4.90 Å². The number of hydrogen-bond acceptors (Lipinski definition) is 6. The molecule has 3 rings (SSSR count). The van der Waals surface area contributed by atoms with Crippen molar-refractivity contribution in [2.24, 2.45) is 0 Å². The van der Waals surface area contributed by atoms with Crippen LogP contribution in [0.4, 0.5) is 11.5 Å². The number of sulfonamides is 1.